The quantitative estimate of drug-likeness (QED) is 0.793. The molecule has 19 heavy (non-hydrogen) atoms. The third kappa shape index (κ3) is 2.30. The fraction of sp³-hybridized carbons (Fsp3) is 0.857. The summed E-state index contributed by atoms with van der Waals surface area (Å²) in [6, 6.07) is -0.734. The van der Waals surface area contributed by atoms with E-state index in [9.17, 15) is 14.7 Å². The molecule has 108 valence electrons. The number of likely N-dealkylation sites (tertiary alicyclic amines) is 1. The van der Waals surface area contributed by atoms with Gasteiger partial charge in [0, 0.05) is 6.04 Å². The number of carbonyl (C=O) groups is 2. The van der Waals surface area contributed by atoms with Gasteiger partial charge in [-0.05, 0) is 44.9 Å². The van der Waals surface area contributed by atoms with Crippen LogP contribution in [-0.2, 0) is 9.53 Å². The van der Waals surface area contributed by atoms with E-state index < -0.39 is 23.7 Å². The van der Waals surface area contributed by atoms with Crippen LogP contribution in [0.15, 0.2) is 0 Å². The summed E-state index contributed by atoms with van der Waals surface area (Å²) in [5, 5.41) is 9.41. The summed E-state index contributed by atoms with van der Waals surface area (Å²) < 4.78 is 5.36. The standard InChI is InChI=1S/C14H23NO4/c1-7-8(2)10-6-9(7)11(12(16)17)15(10)13(18)19-14(3,4)5/h7-11H,6H2,1-5H3,(H,16,17)/t7-,8+,9-,10+,11+/m1/s1. The van der Waals surface area contributed by atoms with E-state index in [4.69, 9.17) is 4.74 Å². The van der Waals surface area contributed by atoms with Gasteiger partial charge in [-0.15, -0.1) is 0 Å². The van der Waals surface area contributed by atoms with Crippen molar-refractivity contribution in [1.29, 1.82) is 0 Å². The molecule has 2 bridgehead atoms. The molecular weight excluding hydrogens is 246 g/mol. The van der Waals surface area contributed by atoms with Gasteiger partial charge in [0.2, 0.25) is 0 Å². The van der Waals surface area contributed by atoms with E-state index in [0.29, 0.717) is 11.8 Å². The average Bonchev–Trinajstić information content (AvgIpc) is 2.74. The zero-order valence-corrected chi connectivity index (χ0v) is 12.2. The van der Waals surface area contributed by atoms with Crippen LogP contribution < -0.4 is 0 Å². The minimum absolute atomic E-state index is 0.00375. The Morgan fingerprint density at radius 3 is 2.26 bits per heavy atom. The number of carbonyl (C=O) groups excluding carboxylic acids is 1. The Balaban J connectivity index is 2.23. The number of hydrogen-bond donors (Lipinski definition) is 1. The first-order valence-electron chi connectivity index (χ1n) is 6.87. The molecule has 0 aromatic carbocycles. The Hall–Kier alpha value is -1.26. The van der Waals surface area contributed by atoms with Crippen LogP contribution >= 0.6 is 0 Å². The van der Waals surface area contributed by atoms with Gasteiger partial charge in [-0.1, -0.05) is 13.8 Å². The van der Waals surface area contributed by atoms with E-state index >= 15 is 0 Å². The lowest BCUT2D eigenvalue weighted by molar-refractivity contribution is -0.146. The average molecular weight is 269 g/mol. The molecule has 0 unspecified atom stereocenters. The van der Waals surface area contributed by atoms with Crippen LogP contribution in [0.4, 0.5) is 4.79 Å². The van der Waals surface area contributed by atoms with Crippen molar-refractivity contribution in [2.24, 2.45) is 17.8 Å². The zero-order chi connectivity index (χ0) is 14.5. The fourth-order valence-corrected chi connectivity index (χ4v) is 3.51. The van der Waals surface area contributed by atoms with E-state index in [1.807, 2.05) is 0 Å². The molecular formula is C14H23NO4. The van der Waals surface area contributed by atoms with Crippen molar-refractivity contribution in [3.8, 4) is 0 Å². The van der Waals surface area contributed by atoms with Crippen molar-refractivity contribution < 1.29 is 19.4 Å². The van der Waals surface area contributed by atoms with Gasteiger partial charge in [-0.2, -0.15) is 0 Å². The van der Waals surface area contributed by atoms with Crippen molar-refractivity contribution in [2.75, 3.05) is 0 Å². The number of ether oxygens (including phenoxy) is 1. The van der Waals surface area contributed by atoms with Crippen molar-refractivity contribution >= 4 is 12.1 Å². The highest BCUT2D eigenvalue weighted by Gasteiger charge is 2.58. The molecule has 1 heterocycles. The predicted octanol–water partition coefficient (Wildman–Crippen LogP) is 2.35. The van der Waals surface area contributed by atoms with Gasteiger partial charge in [0.05, 0.1) is 0 Å². The Labute approximate surface area is 113 Å². The molecule has 1 aliphatic carbocycles. The smallest absolute Gasteiger partial charge is 0.411 e. The van der Waals surface area contributed by atoms with Gasteiger partial charge < -0.3 is 9.84 Å². The molecule has 0 aromatic heterocycles. The molecule has 0 aromatic rings. The number of rotatable bonds is 1. The molecule has 1 amide bonds. The van der Waals surface area contributed by atoms with E-state index in [1.54, 1.807) is 20.8 Å². The van der Waals surface area contributed by atoms with Crippen LogP contribution in [0.25, 0.3) is 0 Å². The van der Waals surface area contributed by atoms with Gasteiger partial charge in [0.25, 0.3) is 0 Å². The first-order valence-corrected chi connectivity index (χ1v) is 6.87. The second-order valence-corrected chi connectivity index (χ2v) is 6.86. The number of carboxylic acids is 1. The molecule has 5 nitrogen and oxygen atoms in total. The van der Waals surface area contributed by atoms with Gasteiger partial charge in [0.1, 0.15) is 11.6 Å². The molecule has 0 radical (unpaired) electrons. The van der Waals surface area contributed by atoms with Gasteiger partial charge in [0.15, 0.2) is 0 Å². The maximum Gasteiger partial charge on any atom is 0.411 e. The Morgan fingerprint density at radius 2 is 1.79 bits per heavy atom. The number of carboxylic acid groups (broad SMARTS) is 1. The Bertz CT molecular complexity index is 401. The van der Waals surface area contributed by atoms with Crippen molar-refractivity contribution in [2.45, 2.75) is 58.7 Å². The summed E-state index contributed by atoms with van der Waals surface area (Å²) in [4.78, 5) is 25.2. The topological polar surface area (TPSA) is 66.8 Å². The predicted molar refractivity (Wildman–Crippen MR) is 69.7 cm³/mol. The van der Waals surface area contributed by atoms with Crippen LogP contribution in [0.5, 0.6) is 0 Å². The first kappa shape index (κ1) is 14.2. The molecule has 5 atom stereocenters. The number of aliphatic carboxylic acids is 1. The Morgan fingerprint density at radius 1 is 1.21 bits per heavy atom. The molecule has 2 fully saturated rings. The number of fused-ring (bicyclic) bond motifs is 2. The highest BCUT2D eigenvalue weighted by atomic mass is 16.6. The van der Waals surface area contributed by atoms with Crippen molar-refractivity contribution in [1.82, 2.24) is 4.90 Å². The second-order valence-electron chi connectivity index (χ2n) is 6.86. The van der Waals surface area contributed by atoms with E-state index in [-0.39, 0.29) is 12.0 Å². The summed E-state index contributed by atoms with van der Waals surface area (Å²) in [7, 11) is 0. The Kier molecular flexibility index (Phi) is 3.27. The molecule has 1 saturated heterocycles. The largest absolute Gasteiger partial charge is 0.480 e. The summed E-state index contributed by atoms with van der Waals surface area (Å²) in [6.45, 7) is 9.55. The maximum atomic E-state index is 12.3. The first-order chi connectivity index (χ1) is 8.63. The summed E-state index contributed by atoms with van der Waals surface area (Å²) in [6.07, 6.45) is 0.282. The zero-order valence-electron chi connectivity index (χ0n) is 12.2. The van der Waals surface area contributed by atoms with E-state index in [1.165, 1.54) is 4.90 Å². The lowest BCUT2D eigenvalue weighted by Gasteiger charge is -2.39. The molecule has 5 heteroatoms. The van der Waals surface area contributed by atoms with Crippen LogP contribution in [0.1, 0.15) is 41.0 Å². The number of piperidine rings is 1. The lowest BCUT2D eigenvalue weighted by atomic mass is 9.83. The second kappa shape index (κ2) is 4.39. The molecule has 1 N–H and O–H groups in total. The maximum absolute atomic E-state index is 12.3. The third-order valence-electron chi connectivity index (χ3n) is 4.55. The van der Waals surface area contributed by atoms with Gasteiger partial charge in [-0.3, -0.25) is 4.90 Å². The molecule has 1 saturated carbocycles. The van der Waals surface area contributed by atoms with Gasteiger partial charge >= 0.3 is 12.1 Å². The van der Waals surface area contributed by atoms with Gasteiger partial charge in [-0.25, -0.2) is 9.59 Å². The SMILES string of the molecule is C[C@@H]1[C@H](C)[C@@H]2C[C@H]1[C@@H](C(=O)O)N2C(=O)OC(C)(C)C. The van der Waals surface area contributed by atoms with E-state index in [0.717, 1.165) is 6.42 Å². The number of hydrogen-bond acceptors (Lipinski definition) is 3. The fourth-order valence-electron chi connectivity index (χ4n) is 3.51. The van der Waals surface area contributed by atoms with Crippen molar-refractivity contribution in [3.05, 3.63) is 0 Å². The minimum Gasteiger partial charge on any atom is -0.480 e. The van der Waals surface area contributed by atoms with Crippen LogP contribution in [0.3, 0.4) is 0 Å². The molecule has 0 spiro atoms. The van der Waals surface area contributed by atoms with Crippen LogP contribution in [-0.4, -0.2) is 39.8 Å². The molecule has 2 aliphatic rings. The molecule has 2 rings (SSSR count). The molecule has 1 aliphatic heterocycles. The summed E-state index contributed by atoms with van der Waals surface area (Å²) in [5.41, 5.74) is -0.600. The summed E-state index contributed by atoms with van der Waals surface area (Å²) >= 11 is 0. The number of amides is 1. The minimum atomic E-state index is -0.919. The monoisotopic (exact) mass is 269 g/mol. The van der Waals surface area contributed by atoms with Crippen LogP contribution in [0, 0.1) is 17.8 Å². The highest BCUT2D eigenvalue weighted by molar-refractivity contribution is 5.82. The summed E-state index contributed by atoms with van der Waals surface area (Å²) in [5.74, 6) is -0.208. The van der Waals surface area contributed by atoms with Crippen molar-refractivity contribution in [3.63, 3.8) is 0 Å². The number of nitrogens with zero attached hydrogens (tertiary/aromatic N) is 1. The lowest BCUT2D eigenvalue weighted by Crippen LogP contribution is -2.54. The highest BCUT2D eigenvalue weighted by Crippen LogP contribution is 2.50. The van der Waals surface area contributed by atoms with Crippen LogP contribution in [0.2, 0.25) is 0 Å². The third-order valence-corrected chi connectivity index (χ3v) is 4.55. The van der Waals surface area contributed by atoms with E-state index in [2.05, 4.69) is 13.8 Å². The normalized spacial score (nSPS) is 37.5.